The molecule has 1 atom stereocenters. The quantitative estimate of drug-likeness (QED) is 0.734. The van der Waals surface area contributed by atoms with Crippen LogP contribution in [0.1, 0.15) is 22.5 Å². The summed E-state index contributed by atoms with van der Waals surface area (Å²) in [5.74, 6) is -0.479. The summed E-state index contributed by atoms with van der Waals surface area (Å²) in [6.45, 7) is 1.59. The maximum absolute atomic E-state index is 11.0. The highest BCUT2D eigenvalue weighted by molar-refractivity contribution is 7.18. The Bertz CT molecular complexity index is 385. The topological polar surface area (TPSA) is 90.4 Å². The molecule has 1 aromatic heterocycles. The summed E-state index contributed by atoms with van der Waals surface area (Å²) in [6.07, 6.45) is 2.46. The van der Waals surface area contributed by atoms with E-state index in [0.717, 1.165) is 31.0 Å². The molecule has 6 heteroatoms. The zero-order valence-corrected chi connectivity index (χ0v) is 9.68. The number of primary amides is 1. The van der Waals surface area contributed by atoms with E-state index in [0.29, 0.717) is 10.6 Å². The van der Waals surface area contributed by atoms with Crippen molar-refractivity contribution in [3.05, 3.63) is 10.9 Å². The van der Waals surface area contributed by atoms with Crippen molar-refractivity contribution in [3.63, 3.8) is 0 Å². The molecule has 2 heterocycles. The molecule has 0 aliphatic carbocycles. The van der Waals surface area contributed by atoms with Gasteiger partial charge in [-0.1, -0.05) is 0 Å². The number of ether oxygens (including phenoxy) is 1. The SMILES string of the molecule is NC(=O)c1sc(NCC2CCCO2)cc1N. The highest BCUT2D eigenvalue weighted by atomic mass is 32.1. The van der Waals surface area contributed by atoms with Crippen LogP contribution >= 0.6 is 11.3 Å². The second kappa shape index (κ2) is 4.71. The lowest BCUT2D eigenvalue weighted by atomic mass is 10.2. The van der Waals surface area contributed by atoms with Crippen LogP contribution in [0.2, 0.25) is 0 Å². The molecule has 88 valence electrons. The van der Waals surface area contributed by atoms with Crippen molar-refractivity contribution in [2.45, 2.75) is 18.9 Å². The van der Waals surface area contributed by atoms with E-state index in [4.69, 9.17) is 16.2 Å². The van der Waals surface area contributed by atoms with Crippen molar-refractivity contribution in [1.29, 1.82) is 0 Å². The maximum Gasteiger partial charge on any atom is 0.260 e. The summed E-state index contributed by atoms with van der Waals surface area (Å²) in [5, 5.41) is 4.07. The molecule has 5 nitrogen and oxygen atoms in total. The van der Waals surface area contributed by atoms with Crippen LogP contribution in [0.15, 0.2) is 6.07 Å². The first kappa shape index (κ1) is 11.2. The molecule has 0 saturated carbocycles. The van der Waals surface area contributed by atoms with Crippen LogP contribution in [-0.4, -0.2) is 25.2 Å². The van der Waals surface area contributed by atoms with Crippen molar-refractivity contribution >= 4 is 27.9 Å². The highest BCUT2D eigenvalue weighted by Crippen LogP contribution is 2.29. The number of amides is 1. The van der Waals surface area contributed by atoms with Crippen LogP contribution in [0, 0.1) is 0 Å². The van der Waals surface area contributed by atoms with Crippen molar-refractivity contribution in [2.75, 3.05) is 24.2 Å². The fraction of sp³-hybridized carbons (Fsp3) is 0.500. The molecule has 1 aliphatic rings. The van der Waals surface area contributed by atoms with Gasteiger partial charge in [-0.05, 0) is 18.9 Å². The van der Waals surface area contributed by atoms with Gasteiger partial charge in [-0.2, -0.15) is 0 Å². The number of carbonyl (C=O) groups is 1. The van der Waals surface area contributed by atoms with Crippen LogP contribution in [-0.2, 0) is 4.74 Å². The number of nitrogens with two attached hydrogens (primary N) is 2. The summed E-state index contributed by atoms with van der Waals surface area (Å²) in [7, 11) is 0. The van der Waals surface area contributed by atoms with Gasteiger partial charge in [0, 0.05) is 13.2 Å². The first-order valence-corrected chi connectivity index (χ1v) is 6.03. The van der Waals surface area contributed by atoms with E-state index < -0.39 is 5.91 Å². The number of hydrogen-bond acceptors (Lipinski definition) is 5. The van der Waals surface area contributed by atoms with E-state index in [-0.39, 0.29) is 6.10 Å². The Morgan fingerprint density at radius 1 is 1.69 bits per heavy atom. The van der Waals surface area contributed by atoms with Gasteiger partial charge in [0.15, 0.2) is 0 Å². The Kier molecular flexibility index (Phi) is 3.31. The zero-order chi connectivity index (χ0) is 11.5. The minimum Gasteiger partial charge on any atom is -0.397 e. The van der Waals surface area contributed by atoms with E-state index in [2.05, 4.69) is 5.32 Å². The maximum atomic E-state index is 11.0. The molecule has 1 amide bonds. The molecule has 0 radical (unpaired) electrons. The summed E-state index contributed by atoms with van der Waals surface area (Å²) in [4.78, 5) is 11.4. The first-order valence-electron chi connectivity index (χ1n) is 5.21. The fourth-order valence-electron chi connectivity index (χ4n) is 1.70. The van der Waals surface area contributed by atoms with Gasteiger partial charge in [0.2, 0.25) is 0 Å². The van der Waals surface area contributed by atoms with Crippen molar-refractivity contribution in [3.8, 4) is 0 Å². The molecular weight excluding hydrogens is 226 g/mol. The first-order chi connectivity index (χ1) is 7.66. The predicted octanol–water partition coefficient (Wildman–Crippen LogP) is 1.02. The lowest BCUT2D eigenvalue weighted by molar-refractivity contribution is 0.100. The van der Waals surface area contributed by atoms with Crippen molar-refractivity contribution in [2.24, 2.45) is 5.73 Å². The smallest absolute Gasteiger partial charge is 0.260 e. The van der Waals surface area contributed by atoms with Crippen LogP contribution in [0.3, 0.4) is 0 Å². The predicted molar refractivity (Wildman–Crippen MR) is 64.7 cm³/mol. The lowest BCUT2D eigenvalue weighted by Crippen LogP contribution is -2.17. The van der Waals surface area contributed by atoms with Gasteiger partial charge in [-0.15, -0.1) is 11.3 Å². The van der Waals surface area contributed by atoms with Gasteiger partial charge < -0.3 is 21.5 Å². The molecule has 2 rings (SSSR count). The van der Waals surface area contributed by atoms with Gasteiger partial charge >= 0.3 is 0 Å². The summed E-state index contributed by atoms with van der Waals surface area (Å²) >= 11 is 1.28. The average molecular weight is 241 g/mol. The molecule has 1 aliphatic heterocycles. The van der Waals surface area contributed by atoms with Crippen LogP contribution < -0.4 is 16.8 Å². The van der Waals surface area contributed by atoms with E-state index in [9.17, 15) is 4.79 Å². The molecule has 0 aromatic carbocycles. The summed E-state index contributed by atoms with van der Waals surface area (Å²) in [6, 6.07) is 1.74. The summed E-state index contributed by atoms with van der Waals surface area (Å²) < 4.78 is 5.48. The average Bonchev–Trinajstić information content (AvgIpc) is 2.83. The lowest BCUT2D eigenvalue weighted by Gasteiger charge is -2.09. The van der Waals surface area contributed by atoms with Crippen molar-refractivity contribution in [1.82, 2.24) is 0 Å². The third-order valence-electron chi connectivity index (χ3n) is 2.51. The van der Waals surface area contributed by atoms with E-state index in [1.807, 2.05) is 0 Å². The van der Waals surface area contributed by atoms with E-state index >= 15 is 0 Å². The van der Waals surface area contributed by atoms with Crippen LogP contribution in [0.25, 0.3) is 0 Å². The highest BCUT2D eigenvalue weighted by Gasteiger charge is 2.16. The Morgan fingerprint density at radius 3 is 3.06 bits per heavy atom. The standard InChI is InChI=1S/C10H15N3O2S/c11-7-4-8(16-9(7)10(12)14)13-5-6-2-1-3-15-6/h4,6,13H,1-3,5,11H2,(H2,12,14). The Hall–Kier alpha value is -1.27. The van der Waals surface area contributed by atoms with Gasteiger partial charge in [0.1, 0.15) is 4.88 Å². The molecule has 1 aromatic rings. The Labute approximate surface area is 97.8 Å². The molecule has 1 saturated heterocycles. The second-order valence-corrected chi connectivity index (χ2v) is 4.83. The second-order valence-electron chi connectivity index (χ2n) is 3.78. The molecule has 1 unspecified atom stereocenters. The van der Waals surface area contributed by atoms with Crippen LogP contribution in [0.5, 0.6) is 0 Å². The minimum absolute atomic E-state index is 0.264. The Morgan fingerprint density at radius 2 is 2.50 bits per heavy atom. The number of hydrogen-bond donors (Lipinski definition) is 3. The number of anilines is 2. The van der Waals surface area contributed by atoms with Gasteiger partial charge in [0.25, 0.3) is 5.91 Å². The van der Waals surface area contributed by atoms with E-state index in [1.165, 1.54) is 11.3 Å². The van der Waals surface area contributed by atoms with Crippen molar-refractivity contribution < 1.29 is 9.53 Å². The zero-order valence-electron chi connectivity index (χ0n) is 8.86. The molecule has 0 spiro atoms. The molecule has 5 N–H and O–H groups in total. The molecular formula is C10H15N3O2S. The number of nitrogens with one attached hydrogen (secondary N) is 1. The molecule has 1 fully saturated rings. The van der Waals surface area contributed by atoms with Gasteiger partial charge in [-0.25, -0.2) is 0 Å². The van der Waals surface area contributed by atoms with Gasteiger partial charge in [0.05, 0.1) is 16.8 Å². The number of carbonyl (C=O) groups excluding carboxylic acids is 1. The minimum atomic E-state index is -0.479. The molecule has 0 bridgehead atoms. The third kappa shape index (κ3) is 2.45. The third-order valence-corrected chi connectivity index (χ3v) is 3.64. The number of thiophene rings is 1. The van der Waals surface area contributed by atoms with E-state index in [1.54, 1.807) is 6.07 Å². The largest absolute Gasteiger partial charge is 0.397 e. The normalized spacial score (nSPS) is 19.9. The molecule has 16 heavy (non-hydrogen) atoms. The number of rotatable bonds is 4. The fourth-order valence-corrected chi connectivity index (χ4v) is 2.54. The van der Waals surface area contributed by atoms with Gasteiger partial charge in [-0.3, -0.25) is 4.79 Å². The monoisotopic (exact) mass is 241 g/mol. The Balaban J connectivity index is 1.94. The number of nitrogen functional groups attached to an aromatic ring is 1. The van der Waals surface area contributed by atoms with Crippen LogP contribution in [0.4, 0.5) is 10.7 Å². The summed E-state index contributed by atoms with van der Waals surface area (Å²) in [5.41, 5.74) is 11.3.